The number of carbonyl (C=O) groups excluding carboxylic acids is 1. The van der Waals surface area contributed by atoms with E-state index in [0.717, 1.165) is 9.96 Å². The van der Waals surface area contributed by atoms with Gasteiger partial charge in [0, 0.05) is 37.3 Å². The van der Waals surface area contributed by atoms with E-state index in [1.165, 1.54) is 12.1 Å². The van der Waals surface area contributed by atoms with Gasteiger partial charge in [0.2, 0.25) is 5.92 Å². The van der Waals surface area contributed by atoms with Gasteiger partial charge >= 0.3 is 6.18 Å². The minimum absolute atomic E-state index is 0.0546. The quantitative estimate of drug-likeness (QED) is 0.372. The highest BCUT2D eigenvalue weighted by Gasteiger charge is 2.40. The summed E-state index contributed by atoms with van der Waals surface area (Å²) in [7, 11) is 0. The summed E-state index contributed by atoms with van der Waals surface area (Å²) in [6.45, 7) is 0.176. The molecule has 0 aromatic carbocycles. The predicted molar refractivity (Wildman–Crippen MR) is 111 cm³/mol. The zero-order chi connectivity index (χ0) is 23.8. The number of pyridine rings is 2. The first-order chi connectivity index (χ1) is 15.5. The Morgan fingerprint density at radius 3 is 2.61 bits per heavy atom. The Hall–Kier alpha value is -2.75. The molecule has 1 fully saturated rings. The van der Waals surface area contributed by atoms with Crippen molar-refractivity contribution in [3.63, 3.8) is 0 Å². The standard InChI is InChI=1S/C22H20ClF5N4O/c23-17-9-15(20(33)30-12-14-2-1-7-29-11-14)10-18-31-19(22(26,27)28)16(32(17)18)8-13-3-5-21(24,25)6-4-13/h1-2,7,9-11,13H,3-6,8,12H2,(H,30,33). The van der Waals surface area contributed by atoms with Crippen molar-refractivity contribution >= 4 is 23.2 Å². The van der Waals surface area contributed by atoms with Crippen molar-refractivity contribution in [3.8, 4) is 0 Å². The lowest BCUT2D eigenvalue weighted by molar-refractivity contribution is -0.141. The van der Waals surface area contributed by atoms with Crippen molar-refractivity contribution in [1.29, 1.82) is 0 Å². The second-order valence-electron chi connectivity index (χ2n) is 8.21. The van der Waals surface area contributed by atoms with E-state index in [2.05, 4.69) is 15.3 Å². The van der Waals surface area contributed by atoms with E-state index in [0.29, 0.717) is 0 Å². The monoisotopic (exact) mass is 486 g/mol. The van der Waals surface area contributed by atoms with Crippen LogP contribution in [0.25, 0.3) is 5.65 Å². The molecule has 1 aliphatic carbocycles. The van der Waals surface area contributed by atoms with E-state index < -0.39 is 23.7 Å². The molecule has 0 atom stereocenters. The lowest BCUT2D eigenvalue weighted by Gasteiger charge is -2.28. The second-order valence-corrected chi connectivity index (χ2v) is 8.60. The summed E-state index contributed by atoms with van der Waals surface area (Å²) in [4.78, 5) is 20.2. The molecule has 1 N–H and O–H groups in total. The van der Waals surface area contributed by atoms with Crippen LogP contribution in [-0.2, 0) is 19.1 Å². The third-order valence-corrected chi connectivity index (χ3v) is 6.07. The SMILES string of the molecule is O=C(NCc1cccnc1)c1cc(Cl)n2c(CC3CCC(F)(F)CC3)c(C(F)(F)F)nc2c1. The number of hydrogen-bond acceptors (Lipinski definition) is 3. The summed E-state index contributed by atoms with van der Waals surface area (Å²) >= 11 is 6.30. The Morgan fingerprint density at radius 2 is 1.97 bits per heavy atom. The van der Waals surface area contributed by atoms with Crippen molar-refractivity contribution in [2.75, 3.05) is 0 Å². The predicted octanol–water partition coefficient (Wildman–Crippen LogP) is 5.70. The Kier molecular flexibility index (Phi) is 6.30. The van der Waals surface area contributed by atoms with Gasteiger partial charge in [-0.05, 0) is 48.9 Å². The Bertz CT molecular complexity index is 1150. The molecular formula is C22H20ClF5N4O. The maximum Gasteiger partial charge on any atom is 0.435 e. The van der Waals surface area contributed by atoms with Crippen molar-refractivity contribution < 1.29 is 26.7 Å². The number of rotatable bonds is 5. The first-order valence-corrected chi connectivity index (χ1v) is 10.7. The van der Waals surface area contributed by atoms with Gasteiger partial charge in [0.05, 0.1) is 5.69 Å². The van der Waals surface area contributed by atoms with Crippen molar-refractivity contribution in [1.82, 2.24) is 19.7 Å². The normalized spacial score (nSPS) is 16.8. The molecule has 33 heavy (non-hydrogen) atoms. The fourth-order valence-corrected chi connectivity index (χ4v) is 4.40. The molecule has 0 radical (unpaired) electrons. The molecule has 3 aromatic rings. The fourth-order valence-electron chi connectivity index (χ4n) is 4.09. The fraction of sp³-hybridized carbons (Fsp3) is 0.409. The van der Waals surface area contributed by atoms with Gasteiger partial charge in [0.1, 0.15) is 10.8 Å². The molecule has 3 heterocycles. The molecule has 176 valence electrons. The number of amides is 1. The summed E-state index contributed by atoms with van der Waals surface area (Å²) in [6.07, 6.45) is -2.16. The Labute approximate surface area is 191 Å². The molecule has 4 rings (SSSR count). The number of halogens is 6. The number of fused-ring (bicyclic) bond motifs is 1. The van der Waals surface area contributed by atoms with E-state index >= 15 is 0 Å². The topological polar surface area (TPSA) is 59.3 Å². The first kappa shape index (κ1) is 23.4. The molecule has 0 unspecified atom stereocenters. The van der Waals surface area contributed by atoms with Crippen LogP contribution < -0.4 is 5.32 Å². The lowest BCUT2D eigenvalue weighted by atomic mass is 9.83. The molecule has 0 saturated heterocycles. The number of nitrogens with zero attached hydrogens (tertiary/aromatic N) is 3. The van der Waals surface area contributed by atoms with Gasteiger partial charge in [-0.3, -0.25) is 14.2 Å². The molecule has 1 saturated carbocycles. The number of hydrogen-bond donors (Lipinski definition) is 1. The van der Waals surface area contributed by atoms with Crippen molar-refractivity contribution in [2.45, 2.75) is 50.7 Å². The smallest absolute Gasteiger partial charge is 0.348 e. The van der Waals surface area contributed by atoms with Crippen LogP contribution >= 0.6 is 11.6 Å². The Balaban J connectivity index is 1.63. The minimum atomic E-state index is -4.76. The highest BCUT2D eigenvalue weighted by Crippen LogP contribution is 2.40. The zero-order valence-electron chi connectivity index (χ0n) is 17.3. The number of alkyl halides is 5. The molecule has 1 amide bonds. The molecule has 0 aliphatic heterocycles. The van der Waals surface area contributed by atoms with Crippen LogP contribution in [-0.4, -0.2) is 26.2 Å². The number of carbonyl (C=O) groups is 1. The molecule has 0 spiro atoms. The molecule has 11 heteroatoms. The summed E-state index contributed by atoms with van der Waals surface area (Å²) in [5.41, 5.74) is -0.621. The van der Waals surface area contributed by atoms with Crippen molar-refractivity contribution in [3.05, 3.63) is 64.3 Å². The van der Waals surface area contributed by atoms with Crippen LogP contribution in [0, 0.1) is 5.92 Å². The lowest BCUT2D eigenvalue weighted by Crippen LogP contribution is -2.26. The first-order valence-electron chi connectivity index (χ1n) is 10.4. The third-order valence-electron chi connectivity index (χ3n) is 5.80. The average Bonchev–Trinajstić information content (AvgIpc) is 3.13. The van der Waals surface area contributed by atoms with Crippen LogP contribution in [0.3, 0.4) is 0 Å². The molecule has 0 bridgehead atoms. The highest BCUT2D eigenvalue weighted by atomic mass is 35.5. The van der Waals surface area contributed by atoms with E-state index in [1.54, 1.807) is 24.5 Å². The zero-order valence-corrected chi connectivity index (χ0v) is 18.1. The van der Waals surface area contributed by atoms with Gasteiger partial charge in [-0.15, -0.1) is 0 Å². The summed E-state index contributed by atoms with van der Waals surface area (Å²) in [5.74, 6) is -3.65. The van der Waals surface area contributed by atoms with Gasteiger partial charge in [-0.1, -0.05) is 17.7 Å². The van der Waals surface area contributed by atoms with E-state index in [4.69, 9.17) is 11.6 Å². The number of imidazole rings is 1. The van der Waals surface area contributed by atoms with Gasteiger partial charge in [0.15, 0.2) is 5.69 Å². The summed E-state index contributed by atoms with van der Waals surface area (Å²) < 4.78 is 69.3. The summed E-state index contributed by atoms with van der Waals surface area (Å²) in [6, 6.07) is 5.98. The van der Waals surface area contributed by atoms with Crippen molar-refractivity contribution in [2.24, 2.45) is 5.92 Å². The molecular weight excluding hydrogens is 467 g/mol. The van der Waals surface area contributed by atoms with E-state index in [9.17, 15) is 26.7 Å². The van der Waals surface area contributed by atoms with Crippen LogP contribution in [0.15, 0.2) is 36.7 Å². The van der Waals surface area contributed by atoms with E-state index in [-0.39, 0.29) is 66.6 Å². The highest BCUT2D eigenvalue weighted by molar-refractivity contribution is 6.30. The number of nitrogens with one attached hydrogen (secondary N) is 1. The average molecular weight is 487 g/mol. The third kappa shape index (κ3) is 5.26. The van der Waals surface area contributed by atoms with Gasteiger partial charge in [-0.25, -0.2) is 13.8 Å². The maximum absolute atomic E-state index is 13.7. The largest absolute Gasteiger partial charge is 0.435 e. The second kappa shape index (κ2) is 8.89. The van der Waals surface area contributed by atoms with Crippen LogP contribution in [0.1, 0.15) is 53.0 Å². The van der Waals surface area contributed by atoms with Crippen LogP contribution in [0.4, 0.5) is 22.0 Å². The van der Waals surface area contributed by atoms with Gasteiger partial charge in [0.25, 0.3) is 5.91 Å². The minimum Gasteiger partial charge on any atom is -0.348 e. The van der Waals surface area contributed by atoms with Crippen LogP contribution in [0.5, 0.6) is 0 Å². The summed E-state index contributed by atoms with van der Waals surface area (Å²) in [5, 5.41) is 2.55. The van der Waals surface area contributed by atoms with Crippen LogP contribution in [0.2, 0.25) is 5.15 Å². The molecule has 5 nitrogen and oxygen atoms in total. The van der Waals surface area contributed by atoms with Gasteiger partial charge < -0.3 is 5.32 Å². The van der Waals surface area contributed by atoms with E-state index in [1.807, 2.05) is 0 Å². The number of aromatic nitrogens is 3. The molecule has 1 aliphatic rings. The Morgan fingerprint density at radius 1 is 1.24 bits per heavy atom. The van der Waals surface area contributed by atoms with Gasteiger partial charge in [-0.2, -0.15) is 13.2 Å². The molecule has 3 aromatic heterocycles. The maximum atomic E-state index is 13.7.